The molecule has 0 saturated heterocycles. The third-order valence-corrected chi connectivity index (χ3v) is 3.43. The number of benzene rings is 2. The van der Waals surface area contributed by atoms with E-state index in [0.29, 0.717) is 21.9 Å². The molecule has 0 aliphatic carbocycles. The van der Waals surface area contributed by atoms with Gasteiger partial charge in [0.25, 0.3) is 0 Å². The van der Waals surface area contributed by atoms with Gasteiger partial charge >= 0.3 is 0 Å². The van der Waals surface area contributed by atoms with Crippen LogP contribution in [0, 0.1) is 18.3 Å². The molecule has 0 aliphatic rings. The number of ketones is 1. The number of halogens is 1. The van der Waals surface area contributed by atoms with Crippen LogP contribution in [0.2, 0.25) is 5.02 Å². The highest BCUT2D eigenvalue weighted by Crippen LogP contribution is 2.29. The summed E-state index contributed by atoms with van der Waals surface area (Å²) in [6.45, 7) is 1.92. The molecule has 0 radical (unpaired) electrons. The number of aryl methyl sites for hydroxylation is 1. The minimum atomic E-state index is -0.878. The topological polar surface area (TPSA) is 50.1 Å². The van der Waals surface area contributed by atoms with E-state index < -0.39 is 5.92 Å². The average molecular weight is 300 g/mol. The van der Waals surface area contributed by atoms with E-state index in [1.807, 2.05) is 25.1 Å². The molecule has 2 aromatic carbocycles. The predicted octanol–water partition coefficient (Wildman–Crippen LogP) is 4.15. The van der Waals surface area contributed by atoms with E-state index in [9.17, 15) is 10.1 Å². The molecular weight excluding hydrogens is 286 g/mol. The van der Waals surface area contributed by atoms with E-state index in [4.69, 9.17) is 16.3 Å². The van der Waals surface area contributed by atoms with Crippen molar-refractivity contribution in [3.8, 4) is 11.8 Å². The van der Waals surface area contributed by atoms with E-state index >= 15 is 0 Å². The van der Waals surface area contributed by atoms with Gasteiger partial charge in [-0.2, -0.15) is 5.26 Å². The van der Waals surface area contributed by atoms with Crippen molar-refractivity contribution in [1.82, 2.24) is 0 Å². The molecular formula is C17H14ClNO2. The van der Waals surface area contributed by atoms with E-state index in [1.54, 1.807) is 18.2 Å². The molecule has 2 rings (SSSR count). The van der Waals surface area contributed by atoms with Crippen molar-refractivity contribution in [2.45, 2.75) is 12.8 Å². The Morgan fingerprint density at radius 2 is 2.05 bits per heavy atom. The zero-order valence-electron chi connectivity index (χ0n) is 11.8. The fourth-order valence-electron chi connectivity index (χ4n) is 2.16. The van der Waals surface area contributed by atoms with Crippen LogP contribution in [0.25, 0.3) is 0 Å². The second kappa shape index (κ2) is 6.43. The Balaban J connectivity index is 2.47. The molecule has 2 aromatic rings. The Bertz CT molecular complexity index is 719. The largest absolute Gasteiger partial charge is 0.496 e. The van der Waals surface area contributed by atoms with Crippen LogP contribution in [0.3, 0.4) is 0 Å². The summed E-state index contributed by atoms with van der Waals surface area (Å²) in [5.74, 6) is -0.781. The van der Waals surface area contributed by atoms with Crippen molar-refractivity contribution in [1.29, 1.82) is 5.26 Å². The van der Waals surface area contributed by atoms with Crippen LogP contribution in [0.15, 0.2) is 42.5 Å². The molecule has 0 aromatic heterocycles. The summed E-state index contributed by atoms with van der Waals surface area (Å²) in [4.78, 5) is 12.7. The third kappa shape index (κ3) is 3.24. The highest BCUT2D eigenvalue weighted by atomic mass is 35.5. The SMILES string of the molecule is COc1ccc(Cl)cc1C(=O)C(C#N)c1cccc(C)c1. The van der Waals surface area contributed by atoms with Crippen molar-refractivity contribution in [2.24, 2.45) is 0 Å². The number of nitriles is 1. The van der Waals surface area contributed by atoms with Gasteiger partial charge in [-0.15, -0.1) is 0 Å². The van der Waals surface area contributed by atoms with Gasteiger partial charge in [0, 0.05) is 5.02 Å². The Kier molecular flexibility index (Phi) is 4.62. The van der Waals surface area contributed by atoms with E-state index in [2.05, 4.69) is 6.07 Å². The normalized spacial score (nSPS) is 11.5. The van der Waals surface area contributed by atoms with Crippen molar-refractivity contribution in [2.75, 3.05) is 7.11 Å². The number of nitrogens with zero attached hydrogens (tertiary/aromatic N) is 1. The van der Waals surface area contributed by atoms with Crippen LogP contribution in [-0.4, -0.2) is 12.9 Å². The van der Waals surface area contributed by atoms with Crippen LogP contribution in [0.4, 0.5) is 0 Å². The first-order valence-corrected chi connectivity index (χ1v) is 6.78. The molecule has 0 saturated carbocycles. The van der Waals surface area contributed by atoms with E-state index in [1.165, 1.54) is 13.2 Å². The number of methoxy groups -OCH3 is 1. The quantitative estimate of drug-likeness (QED) is 0.797. The summed E-state index contributed by atoms with van der Waals surface area (Å²) in [5.41, 5.74) is 1.99. The predicted molar refractivity (Wildman–Crippen MR) is 81.9 cm³/mol. The van der Waals surface area contributed by atoms with Crippen LogP contribution in [0.5, 0.6) is 5.75 Å². The second-order valence-corrected chi connectivity index (χ2v) is 5.12. The summed E-state index contributed by atoms with van der Waals surface area (Å²) >= 11 is 5.95. The van der Waals surface area contributed by atoms with Crippen LogP contribution < -0.4 is 4.74 Å². The summed E-state index contributed by atoms with van der Waals surface area (Å²) in [7, 11) is 1.48. The summed E-state index contributed by atoms with van der Waals surface area (Å²) in [6.07, 6.45) is 0. The van der Waals surface area contributed by atoms with Crippen molar-refractivity contribution in [3.63, 3.8) is 0 Å². The Labute approximate surface area is 128 Å². The molecule has 1 unspecified atom stereocenters. The molecule has 0 aliphatic heterocycles. The summed E-state index contributed by atoms with van der Waals surface area (Å²) in [5, 5.41) is 9.82. The highest BCUT2D eigenvalue weighted by Gasteiger charge is 2.24. The first kappa shape index (κ1) is 15.1. The van der Waals surface area contributed by atoms with Gasteiger partial charge < -0.3 is 4.74 Å². The molecule has 0 bridgehead atoms. The van der Waals surface area contributed by atoms with Gasteiger partial charge in [0.1, 0.15) is 11.7 Å². The first-order valence-electron chi connectivity index (χ1n) is 6.40. The lowest BCUT2D eigenvalue weighted by atomic mass is 9.90. The Morgan fingerprint density at radius 3 is 2.67 bits per heavy atom. The van der Waals surface area contributed by atoms with E-state index in [-0.39, 0.29) is 5.78 Å². The van der Waals surface area contributed by atoms with Gasteiger partial charge in [-0.3, -0.25) is 4.79 Å². The monoisotopic (exact) mass is 299 g/mol. The minimum Gasteiger partial charge on any atom is -0.496 e. The first-order chi connectivity index (χ1) is 10.1. The van der Waals surface area contributed by atoms with Gasteiger partial charge in [-0.1, -0.05) is 41.4 Å². The lowest BCUT2D eigenvalue weighted by molar-refractivity contribution is 0.0976. The van der Waals surface area contributed by atoms with Gasteiger partial charge in [0.15, 0.2) is 5.78 Å². The van der Waals surface area contributed by atoms with Gasteiger partial charge in [0.05, 0.1) is 18.7 Å². The third-order valence-electron chi connectivity index (χ3n) is 3.19. The number of hydrogen-bond acceptors (Lipinski definition) is 3. The standard InChI is InChI=1S/C17H14ClNO2/c1-11-4-3-5-12(8-11)15(10-19)17(20)14-9-13(18)6-7-16(14)21-2/h3-9,15H,1-2H3. The number of ether oxygens (including phenoxy) is 1. The molecule has 106 valence electrons. The zero-order chi connectivity index (χ0) is 15.4. The van der Waals surface area contributed by atoms with Crippen molar-refractivity contribution in [3.05, 3.63) is 64.2 Å². The number of Topliss-reactive ketones (excluding diaryl/α,β-unsaturated/α-hetero) is 1. The highest BCUT2D eigenvalue weighted by molar-refractivity contribution is 6.31. The maximum atomic E-state index is 12.7. The molecule has 0 amide bonds. The smallest absolute Gasteiger partial charge is 0.188 e. The molecule has 1 atom stereocenters. The maximum absolute atomic E-state index is 12.7. The maximum Gasteiger partial charge on any atom is 0.188 e. The van der Waals surface area contributed by atoms with Crippen LogP contribution in [-0.2, 0) is 0 Å². The molecule has 3 nitrogen and oxygen atoms in total. The Morgan fingerprint density at radius 1 is 1.29 bits per heavy atom. The number of carbonyl (C=O) groups excluding carboxylic acids is 1. The number of hydrogen-bond donors (Lipinski definition) is 0. The average Bonchev–Trinajstić information content (AvgIpc) is 2.48. The molecule has 21 heavy (non-hydrogen) atoms. The van der Waals surface area contributed by atoms with Gasteiger partial charge in [0.2, 0.25) is 0 Å². The molecule has 0 heterocycles. The Hall–Kier alpha value is -2.31. The number of rotatable bonds is 4. The molecule has 0 spiro atoms. The van der Waals surface area contributed by atoms with Crippen LogP contribution >= 0.6 is 11.6 Å². The van der Waals surface area contributed by atoms with Crippen LogP contribution in [0.1, 0.15) is 27.4 Å². The van der Waals surface area contributed by atoms with Crippen molar-refractivity contribution >= 4 is 17.4 Å². The van der Waals surface area contributed by atoms with Gasteiger partial charge in [-0.05, 0) is 30.7 Å². The van der Waals surface area contributed by atoms with Crippen molar-refractivity contribution < 1.29 is 9.53 Å². The second-order valence-electron chi connectivity index (χ2n) is 4.69. The fraction of sp³-hybridized carbons (Fsp3) is 0.176. The summed E-state index contributed by atoms with van der Waals surface area (Å²) < 4.78 is 5.19. The van der Waals surface area contributed by atoms with Gasteiger partial charge in [-0.25, -0.2) is 0 Å². The molecule has 4 heteroatoms. The zero-order valence-corrected chi connectivity index (χ0v) is 12.5. The minimum absolute atomic E-state index is 0.317. The molecule has 0 fully saturated rings. The number of carbonyl (C=O) groups is 1. The molecule has 0 N–H and O–H groups in total. The van der Waals surface area contributed by atoms with E-state index in [0.717, 1.165) is 5.56 Å². The summed E-state index contributed by atoms with van der Waals surface area (Å²) in [6, 6.07) is 14.2. The fourth-order valence-corrected chi connectivity index (χ4v) is 2.33. The lowest BCUT2D eigenvalue weighted by Gasteiger charge is -2.12. The lowest BCUT2D eigenvalue weighted by Crippen LogP contribution is -2.12.